The van der Waals surface area contributed by atoms with Crippen LogP contribution in [0.15, 0.2) is 6.07 Å². The van der Waals surface area contributed by atoms with Crippen LogP contribution in [0, 0.1) is 0 Å². The van der Waals surface area contributed by atoms with Crippen LogP contribution >= 0.6 is 0 Å². The molecule has 1 aliphatic rings. The van der Waals surface area contributed by atoms with Gasteiger partial charge in [0.1, 0.15) is 5.75 Å². The van der Waals surface area contributed by atoms with E-state index in [0.717, 1.165) is 36.9 Å². The fourth-order valence-electron chi connectivity index (χ4n) is 1.99. The number of aromatic hydroxyl groups is 1. The molecular formula is C12H15NO3. The van der Waals surface area contributed by atoms with Crippen molar-refractivity contribution in [1.29, 1.82) is 0 Å². The van der Waals surface area contributed by atoms with E-state index in [1.54, 1.807) is 6.92 Å². The fourth-order valence-corrected chi connectivity index (χ4v) is 1.99. The van der Waals surface area contributed by atoms with Gasteiger partial charge in [0.25, 0.3) is 0 Å². The molecule has 0 fully saturated rings. The summed E-state index contributed by atoms with van der Waals surface area (Å²) in [5.74, 6) is -0.293. The molecule has 0 radical (unpaired) electrons. The van der Waals surface area contributed by atoms with Gasteiger partial charge >= 0.3 is 5.97 Å². The Morgan fingerprint density at radius 3 is 3.00 bits per heavy atom. The molecular weight excluding hydrogens is 206 g/mol. The SMILES string of the molecule is CCOC(=O)c1cc(O)c2c(n1)CCCC2. The van der Waals surface area contributed by atoms with E-state index in [1.807, 2.05) is 0 Å². The van der Waals surface area contributed by atoms with Crippen molar-refractivity contribution in [3.8, 4) is 5.75 Å². The van der Waals surface area contributed by atoms with Crippen molar-refractivity contribution in [2.75, 3.05) is 6.61 Å². The first-order valence-corrected chi connectivity index (χ1v) is 5.61. The Balaban J connectivity index is 2.35. The largest absolute Gasteiger partial charge is 0.508 e. The summed E-state index contributed by atoms with van der Waals surface area (Å²) in [6.45, 7) is 2.06. The summed E-state index contributed by atoms with van der Waals surface area (Å²) in [4.78, 5) is 15.7. The van der Waals surface area contributed by atoms with Crippen molar-refractivity contribution >= 4 is 5.97 Å². The van der Waals surface area contributed by atoms with Crippen LogP contribution in [-0.4, -0.2) is 22.7 Å². The smallest absolute Gasteiger partial charge is 0.357 e. The van der Waals surface area contributed by atoms with Gasteiger partial charge in [0.05, 0.1) is 6.61 Å². The van der Waals surface area contributed by atoms with Gasteiger partial charge in [0.15, 0.2) is 5.69 Å². The topological polar surface area (TPSA) is 59.4 Å². The number of carbonyl (C=O) groups is 1. The predicted octanol–water partition coefficient (Wildman–Crippen LogP) is 1.84. The van der Waals surface area contributed by atoms with E-state index in [0.29, 0.717) is 6.61 Å². The number of carbonyl (C=O) groups excluding carboxylic acids is 1. The number of aromatic nitrogens is 1. The standard InChI is InChI=1S/C12H15NO3/c1-2-16-12(15)10-7-11(14)8-5-3-4-6-9(8)13-10/h7H,2-6H2,1H3,(H,13,14). The molecule has 0 saturated heterocycles. The lowest BCUT2D eigenvalue weighted by atomic mass is 9.95. The lowest BCUT2D eigenvalue weighted by Crippen LogP contribution is -2.12. The monoisotopic (exact) mass is 221 g/mol. The highest BCUT2D eigenvalue weighted by Gasteiger charge is 2.19. The molecule has 0 saturated carbocycles. The van der Waals surface area contributed by atoms with Gasteiger partial charge in [-0.2, -0.15) is 0 Å². The van der Waals surface area contributed by atoms with Gasteiger partial charge in [0.2, 0.25) is 0 Å². The number of hydrogen-bond acceptors (Lipinski definition) is 4. The number of pyridine rings is 1. The van der Waals surface area contributed by atoms with Crippen LogP contribution < -0.4 is 0 Å². The molecule has 0 bridgehead atoms. The summed E-state index contributed by atoms with van der Waals surface area (Å²) in [5.41, 5.74) is 1.94. The highest BCUT2D eigenvalue weighted by Crippen LogP contribution is 2.28. The molecule has 0 amide bonds. The molecule has 1 aromatic heterocycles. The number of nitrogens with zero attached hydrogens (tertiary/aromatic N) is 1. The lowest BCUT2D eigenvalue weighted by Gasteiger charge is -2.16. The van der Waals surface area contributed by atoms with Gasteiger partial charge in [-0.25, -0.2) is 9.78 Å². The van der Waals surface area contributed by atoms with Crippen molar-refractivity contribution in [3.63, 3.8) is 0 Å². The molecule has 16 heavy (non-hydrogen) atoms. The number of hydrogen-bond donors (Lipinski definition) is 1. The van der Waals surface area contributed by atoms with Gasteiger partial charge in [-0.05, 0) is 32.6 Å². The Morgan fingerprint density at radius 2 is 2.25 bits per heavy atom. The zero-order valence-corrected chi connectivity index (χ0v) is 9.32. The molecule has 2 rings (SSSR count). The number of fused-ring (bicyclic) bond motifs is 1. The maximum absolute atomic E-state index is 11.5. The Hall–Kier alpha value is -1.58. The van der Waals surface area contributed by atoms with Gasteiger partial charge < -0.3 is 9.84 Å². The van der Waals surface area contributed by atoms with Crippen molar-refractivity contribution in [2.45, 2.75) is 32.6 Å². The van der Waals surface area contributed by atoms with Crippen LogP contribution in [-0.2, 0) is 17.6 Å². The van der Waals surface area contributed by atoms with Crippen LogP contribution in [0.4, 0.5) is 0 Å². The molecule has 0 aliphatic heterocycles. The van der Waals surface area contributed by atoms with Crippen LogP contribution in [0.3, 0.4) is 0 Å². The average molecular weight is 221 g/mol. The molecule has 4 nitrogen and oxygen atoms in total. The van der Waals surface area contributed by atoms with Crippen molar-refractivity contribution in [1.82, 2.24) is 4.98 Å². The van der Waals surface area contributed by atoms with Gasteiger partial charge in [0, 0.05) is 17.3 Å². The van der Waals surface area contributed by atoms with Crippen molar-refractivity contribution in [2.24, 2.45) is 0 Å². The third kappa shape index (κ3) is 2.01. The minimum Gasteiger partial charge on any atom is -0.508 e. The third-order valence-electron chi connectivity index (χ3n) is 2.76. The Labute approximate surface area is 94.3 Å². The first-order chi connectivity index (χ1) is 7.72. The molecule has 1 N–H and O–H groups in total. The normalized spacial score (nSPS) is 14.3. The van der Waals surface area contributed by atoms with E-state index in [-0.39, 0.29) is 11.4 Å². The van der Waals surface area contributed by atoms with Crippen LogP contribution in [0.5, 0.6) is 5.75 Å². The molecule has 1 heterocycles. The van der Waals surface area contributed by atoms with Crippen LogP contribution in [0.1, 0.15) is 41.5 Å². The summed E-state index contributed by atoms with van der Waals surface area (Å²) >= 11 is 0. The van der Waals surface area contributed by atoms with Gasteiger partial charge in [-0.3, -0.25) is 0 Å². The molecule has 1 aliphatic carbocycles. The Morgan fingerprint density at radius 1 is 1.50 bits per heavy atom. The van der Waals surface area contributed by atoms with Crippen molar-refractivity contribution in [3.05, 3.63) is 23.0 Å². The van der Waals surface area contributed by atoms with E-state index in [9.17, 15) is 9.90 Å². The summed E-state index contributed by atoms with van der Waals surface area (Å²) in [6.07, 6.45) is 3.81. The fraction of sp³-hybridized carbons (Fsp3) is 0.500. The van der Waals surface area contributed by atoms with Crippen molar-refractivity contribution < 1.29 is 14.6 Å². The second-order valence-electron chi connectivity index (χ2n) is 3.88. The maximum Gasteiger partial charge on any atom is 0.357 e. The second kappa shape index (κ2) is 4.51. The molecule has 1 aromatic rings. The first-order valence-electron chi connectivity index (χ1n) is 5.61. The summed E-state index contributed by atoms with van der Waals surface area (Å²) in [5, 5.41) is 9.81. The Bertz CT molecular complexity index is 415. The van der Waals surface area contributed by atoms with Crippen LogP contribution in [0.2, 0.25) is 0 Å². The molecule has 0 aromatic carbocycles. The second-order valence-corrected chi connectivity index (χ2v) is 3.88. The van der Waals surface area contributed by atoms with Gasteiger partial charge in [-0.1, -0.05) is 0 Å². The molecule has 0 spiro atoms. The molecule has 0 unspecified atom stereocenters. The minimum absolute atomic E-state index is 0.174. The van der Waals surface area contributed by atoms with Gasteiger partial charge in [-0.15, -0.1) is 0 Å². The van der Waals surface area contributed by atoms with E-state index in [2.05, 4.69) is 4.98 Å². The van der Waals surface area contributed by atoms with E-state index >= 15 is 0 Å². The third-order valence-corrected chi connectivity index (χ3v) is 2.76. The molecule has 0 atom stereocenters. The van der Waals surface area contributed by atoms with Crippen LogP contribution in [0.25, 0.3) is 0 Å². The Kier molecular flexibility index (Phi) is 3.08. The minimum atomic E-state index is -0.467. The number of esters is 1. The highest BCUT2D eigenvalue weighted by atomic mass is 16.5. The highest BCUT2D eigenvalue weighted by molar-refractivity contribution is 5.87. The zero-order chi connectivity index (χ0) is 11.5. The average Bonchev–Trinajstić information content (AvgIpc) is 2.29. The van der Waals surface area contributed by atoms with E-state index in [4.69, 9.17) is 4.74 Å². The molecule has 4 heteroatoms. The summed E-state index contributed by atoms with van der Waals surface area (Å²) in [7, 11) is 0. The summed E-state index contributed by atoms with van der Waals surface area (Å²) < 4.78 is 4.86. The quantitative estimate of drug-likeness (QED) is 0.774. The lowest BCUT2D eigenvalue weighted by molar-refractivity contribution is 0.0518. The first kappa shape index (κ1) is 10.9. The predicted molar refractivity (Wildman–Crippen MR) is 58.5 cm³/mol. The maximum atomic E-state index is 11.5. The zero-order valence-electron chi connectivity index (χ0n) is 9.32. The number of aryl methyl sites for hydroxylation is 1. The number of ether oxygens (including phenoxy) is 1. The van der Waals surface area contributed by atoms with E-state index in [1.165, 1.54) is 6.07 Å². The summed E-state index contributed by atoms with van der Waals surface area (Å²) in [6, 6.07) is 1.40. The van der Waals surface area contributed by atoms with E-state index < -0.39 is 5.97 Å². The molecule has 86 valence electrons. The number of rotatable bonds is 2.